The van der Waals surface area contributed by atoms with Gasteiger partial charge in [-0.2, -0.15) is 4.31 Å². The molecule has 1 aliphatic rings. The van der Waals surface area contributed by atoms with Gasteiger partial charge in [-0.1, -0.05) is 25.1 Å². The molecule has 0 spiro atoms. The molecule has 1 N–H and O–H groups in total. The van der Waals surface area contributed by atoms with Gasteiger partial charge in [-0.15, -0.1) is 0 Å². The van der Waals surface area contributed by atoms with Crippen LogP contribution in [0, 0.1) is 5.92 Å². The lowest BCUT2D eigenvalue weighted by Gasteiger charge is -2.37. The summed E-state index contributed by atoms with van der Waals surface area (Å²) < 4.78 is 33.9. The Morgan fingerprint density at radius 2 is 2.03 bits per heavy atom. The minimum atomic E-state index is -3.71. The average molecular weight is 512 g/mol. The lowest BCUT2D eigenvalue weighted by Crippen LogP contribution is -2.50. The van der Waals surface area contributed by atoms with Gasteiger partial charge < -0.3 is 14.7 Å². The van der Waals surface area contributed by atoms with E-state index in [9.17, 15) is 18.3 Å². The molecule has 0 bridgehead atoms. The van der Waals surface area contributed by atoms with Gasteiger partial charge >= 0.3 is 0 Å². The highest BCUT2D eigenvalue weighted by molar-refractivity contribution is 9.10. The second-order valence-electron chi connectivity index (χ2n) is 7.73. The number of aliphatic hydroxyl groups excluding tert-OH is 1. The number of fused-ring (bicyclic) bond motifs is 1. The Morgan fingerprint density at radius 3 is 2.68 bits per heavy atom. The Hall–Kier alpha value is -2.01. The molecule has 1 aliphatic heterocycles. The molecule has 2 heterocycles. The molecule has 168 valence electrons. The normalized spacial score (nSPS) is 20.6. The standard InChI is InChI=1S/C21H26BrN3O5S/c1-14-11-25(15(2)13-26)21(27)18-9-16(22)10-23-20(18)30-19(14)12-24(3)31(28,29)17-7-5-4-6-8-17/h4-10,14-15,19,26H,11-13H2,1-3H3/t14-,15+,19+/m1/s1. The van der Waals surface area contributed by atoms with Crippen LogP contribution in [-0.2, 0) is 10.0 Å². The lowest BCUT2D eigenvalue weighted by molar-refractivity contribution is 0.0373. The molecule has 0 aliphatic carbocycles. The Kier molecular flexibility index (Phi) is 7.35. The summed E-state index contributed by atoms with van der Waals surface area (Å²) in [7, 11) is -2.20. The van der Waals surface area contributed by atoms with Gasteiger partial charge in [-0.3, -0.25) is 4.79 Å². The molecule has 8 nitrogen and oxygen atoms in total. The Labute approximate surface area is 191 Å². The molecule has 1 aromatic carbocycles. The molecule has 0 saturated carbocycles. The highest BCUT2D eigenvalue weighted by atomic mass is 79.9. The number of pyridine rings is 1. The van der Waals surface area contributed by atoms with Crippen molar-refractivity contribution in [2.24, 2.45) is 5.92 Å². The van der Waals surface area contributed by atoms with Crippen molar-refractivity contribution in [3.63, 3.8) is 0 Å². The van der Waals surface area contributed by atoms with E-state index in [1.54, 1.807) is 48.2 Å². The number of likely N-dealkylation sites (N-methyl/N-ethyl adjacent to an activating group) is 1. The van der Waals surface area contributed by atoms with Gasteiger partial charge in [0, 0.05) is 30.2 Å². The molecule has 1 aromatic heterocycles. The molecule has 3 rings (SSSR count). The van der Waals surface area contributed by atoms with E-state index in [0.29, 0.717) is 11.0 Å². The Morgan fingerprint density at radius 1 is 1.35 bits per heavy atom. The van der Waals surface area contributed by atoms with Crippen molar-refractivity contribution in [1.29, 1.82) is 0 Å². The van der Waals surface area contributed by atoms with E-state index in [0.717, 1.165) is 0 Å². The predicted molar refractivity (Wildman–Crippen MR) is 119 cm³/mol. The maximum Gasteiger partial charge on any atom is 0.259 e. The topological polar surface area (TPSA) is 100 Å². The SMILES string of the molecule is C[C@@H]1CN([C@@H](C)CO)C(=O)c2cc(Br)cnc2O[C@H]1CN(C)S(=O)(=O)c1ccccc1. The van der Waals surface area contributed by atoms with Crippen molar-refractivity contribution in [1.82, 2.24) is 14.2 Å². The fourth-order valence-electron chi connectivity index (χ4n) is 3.42. The summed E-state index contributed by atoms with van der Waals surface area (Å²) in [5, 5.41) is 9.66. The predicted octanol–water partition coefficient (Wildman–Crippen LogP) is 2.38. The zero-order valence-electron chi connectivity index (χ0n) is 17.6. The summed E-state index contributed by atoms with van der Waals surface area (Å²) in [5.74, 6) is -0.365. The van der Waals surface area contributed by atoms with Crippen LogP contribution < -0.4 is 4.74 Å². The first kappa shape index (κ1) is 23.6. The number of hydrogen-bond donors (Lipinski definition) is 1. The third kappa shape index (κ3) is 5.08. The van der Waals surface area contributed by atoms with Crippen molar-refractivity contribution in [2.75, 3.05) is 26.7 Å². The van der Waals surface area contributed by atoms with Crippen molar-refractivity contribution in [2.45, 2.75) is 30.9 Å². The van der Waals surface area contributed by atoms with Crippen LogP contribution in [-0.4, -0.2) is 72.5 Å². The first-order valence-corrected chi connectivity index (χ1v) is 12.1. The van der Waals surface area contributed by atoms with Crippen LogP contribution in [0.1, 0.15) is 24.2 Å². The Bertz CT molecular complexity index is 1030. The minimum absolute atomic E-state index is 0.0745. The number of carbonyl (C=O) groups excluding carboxylic acids is 1. The smallest absolute Gasteiger partial charge is 0.259 e. The number of benzene rings is 1. The van der Waals surface area contributed by atoms with Crippen molar-refractivity contribution >= 4 is 31.9 Å². The van der Waals surface area contributed by atoms with Gasteiger partial charge in [-0.05, 0) is 41.1 Å². The maximum absolute atomic E-state index is 13.1. The Balaban J connectivity index is 1.95. The maximum atomic E-state index is 13.1. The van der Waals surface area contributed by atoms with E-state index < -0.39 is 22.2 Å². The van der Waals surface area contributed by atoms with Crippen molar-refractivity contribution in [3.05, 3.63) is 52.6 Å². The highest BCUT2D eigenvalue weighted by Crippen LogP contribution is 2.29. The first-order chi connectivity index (χ1) is 14.6. The van der Waals surface area contributed by atoms with Crippen LogP contribution in [0.15, 0.2) is 52.0 Å². The molecule has 0 fully saturated rings. The third-order valence-electron chi connectivity index (χ3n) is 5.38. The van der Waals surface area contributed by atoms with Crippen LogP contribution in [0.3, 0.4) is 0 Å². The van der Waals surface area contributed by atoms with E-state index in [2.05, 4.69) is 20.9 Å². The summed E-state index contributed by atoms with van der Waals surface area (Å²) in [5.41, 5.74) is 0.264. The van der Waals surface area contributed by atoms with E-state index >= 15 is 0 Å². The number of amides is 1. The van der Waals surface area contributed by atoms with Crippen LogP contribution in [0.25, 0.3) is 0 Å². The summed E-state index contributed by atoms with van der Waals surface area (Å²) >= 11 is 3.33. The molecular weight excluding hydrogens is 486 g/mol. The molecule has 0 saturated heterocycles. The van der Waals surface area contributed by atoms with Gasteiger partial charge in [0.1, 0.15) is 11.7 Å². The highest BCUT2D eigenvalue weighted by Gasteiger charge is 2.35. The molecule has 3 atom stereocenters. The summed E-state index contributed by atoms with van der Waals surface area (Å²) in [4.78, 5) is 19.2. The van der Waals surface area contributed by atoms with E-state index in [1.807, 2.05) is 6.92 Å². The van der Waals surface area contributed by atoms with Crippen molar-refractivity contribution in [3.8, 4) is 5.88 Å². The molecule has 0 unspecified atom stereocenters. The summed E-state index contributed by atoms with van der Waals surface area (Å²) in [6, 6.07) is 9.41. The largest absolute Gasteiger partial charge is 0.472 e. The van der Waals surface area contributed by atoms with Gasteiger partial charge in [0.25, 0.3) is 5.91 Å². The third-order valence-corrected chi connectivity index (χ3v) is 7.65. The van der Waals surface area contributed by atoms with Gasteiger partial charge in [0.15, 0.2) is 0 Å². The second kappa shape index (κ2) is 9.64. The number of rotatable bonds is 6. The van der Waals surface area contributed by atoms with Gasteiger partial charge in [0.05, 0.1) is 24.1 Å². The average Bonchev–Trinajstić information content (AvgIpc) is 2.76. The number of hydrogen-bond acceptors (Lipinski definition) is 6. The fourth-order valence-corrected chi connectivity index (χ4v) is 4.95. The zero-order valence-corrected chi connectivity index (χ0v) is 20.0. The van der Waals surface area contributed by atoms with Crippen LogP contribution in [0.4, 0.5) is 0 Å². The van der Waals surface area contributed by atoms with E-state index in [1.165, 1.54) is 17.5 Å². The summed E-state index contributed by atoms with van der Waals surface area (Å²) in [6.45, 7) is 3.84. The molecule has 2 aromatic rings. The van der Waals surface area contributed by atoms with Crippen LogP contribution in [0.5, 0.6) is 5.88 Å². The van der Waals surface area contributed by atoms with Gasteiger partial charge in [-0.25, -0.2) is 13.4 Å². The molecular formula is C21H26BrN3O5S. The van der Waals surface area contributed by atoms with E-state index in [-0.39, 0.29) is 41.3 Å². The number of ether oxygens (including phenoxy) is 1. The van der Waals surface area contributed by atoms with Gasteiger partial charge in [0.2, 0.25) is 15.9 Å². The fraction of sp³-hybridized carbons (Fsp3) is 0.429. The minimum Gasteiger partial charge on any atom is -0.472 e. The first-order valence-electron chi connectivity index (χ1n) is 9.90. The lowest BCUT2D eigenvalue weighted by atomic mass is 10.0. The molecule has 31 heavy (non-hydrogen) atoms. The molecule has 0 radical (unpaired) electrons. The monoisotopic (exact) mass is 511 g/mol. The van der Waals surface area contributed by atoms with Crippen molar-refractivity contribution < 1.29 is 23.1 Å². The van der Waals surface area contributed by atoms with Crippen LogP contribution in [0.2, 0.25) is 0 Å². The molecule has 10 heteroatoms. The number of aliphatic hydroxyl groups is 1. The number of sulfonamides is 1. The number of halogens is 1. The zero-order chi connectivity index (χ0) is 22.8. The summed E-state index contributed by atoms with van der Waals surface area (Å²) in [6.07, 6.45) is 0.970. The quantitative estimate of drug-likeness (QED) is 0.638. The number of aromatic nitrogens is 1. The van der Waals surface area contributed by atoms with E-state index in [4.69, 9.17) is 4.74 Å². The number of nitrogens with zero attached hydrogens (tertiary/aromatic N) is 3. The van der Waals surface area contributed by atoms with Crippen LogP contribution >= 0.6 is 15.9 Å². The second-order valence-corrected chi connectivity index (χ2v) is 10.7. The molecule has 1 amide bonds. The number of carbonyl (C=O) groups is 1.